The summed E-state index contributed by atoms with van der Waals surface area (Å²) in [6.45, 7) is 3.16. The highest BCUT2D eigenvalue weighted by Crippen LogP contribution is 2.10. The van der Waals surface area contributed by atoms with E-state index in [4.69, 9.17) is 0 Å². The molecule has 1 aromatic rings. The minimum atomic E-state index is -0.399. The molecule has 4 heteroatoms. The molecular weight excluding hydrogens is 228 g/mol. The molecule has 0 aromatic heterocycles. The van der Waals surface area contributed by atoms with Gasteiger partial charge in [-0.15, -0.1) is 0 Å². The topological polar surface area (TPSA) is 61.4 Å². The molecule has 2 rings (SSSR count). The number of hydrogen-bond donors (Lipinski definition) is 3. The minimum Gasteiger partial charge on any atom is -0.392 e. The molecule has 1 heterocycles. The van der Waals surface area contributed by atoms with E-state index in [-0.39, 0.29) is 11.9 Å². The van der Waals surface area contributed by atoms with Crippen LogP contribution in [0, 0.1) is 0 Å². The summed E-state index contributed by atoms with van der Waals surface area (Å²) in [6, 6.07) is 7.86. The molecule has 4 nitrogen and oxygen atoms in total. The molecule has 0 spiro atoms. The van der Waals surface area contributed by atoms with Crippen LogP contribution in [0.3, 0.4) is 0 Å². The van der Waals surface area contributed by atoms with Gasteiger partial charge in [-0.3, -0.25) is 4.79 Å². The lowest BCUT2D eigenvalue weighted by Crippen LogP contribution is -2.40. The first-order valence-corrected chi connectivity index (χ1v) is 6.46. The van der Waals surface area contributed by atoms with E-state index in [0.29, 0.717) is 19.5 Å². The van der Waals surface area contributed by atoms with Crippen molar-refractivity contribution in [2.45, 2.75) is 38.5 Å². The summed E-state index contributed by atoms with van der Waals surface area (Å²) in [5.41, 5.74) is 2.42. The number of amides is 1. The Morgan fingerprint density at radius 2 is 2.17 bits per heavy atom. The summed E-state index contributed by atoms with van der Waals surface area (Å²) in [6.07, 6.45) is 1.07. The maximum absolute atomic E-state index is 11.9. The predicted molar refractivity (Wildman–Crippen MR) is 70.1 cm³/mol. The zero-order chi connectivity index (χ0) is 13.0. The summed E-state index contributed by atoms with van der Waals surface area (Å²) in [5, 5.41) is 15.3. The van der Waals surface area contributed by atoms with Gasteiger partial charge in [0.2, 0.25) is 5.91 Å². The van der Waals surface area contributed by atoms with Crippen molar-refractivity contribution in [3.05, 3.63) is 35.4 Å². The van der Waals surface area contributed by atoms with E-state index < -0.39 is 6.10 Å². The van der Waals surface area contributed by atoms with Crippen molar-refractivity contribution >= 4 is 5.91 Å². The number of benzene rings is 1. The first-order valence-electron chi connectivity index (χ1n) is 6.46. The van der Waals surface area contributed by atoms with Crippen molar-refractivity contribution in [2.75, 3.05) is 6.54 Å². The highest BCUT2D eigenvalue weighted by atomic mass is 16.3. The van der Waals surface area contributed by atoms with E-state index in [9.17, 15) is 9.90 Å². The van der Waals surface area contributed by atoms with Gasteiger partial charge in [0.1, 0.15) is 0 Å². The summed E-state index contributed by atoms with van der Waals surface area (Å²) in [4.78, 5) is 11.9. The molecular formula is C14H20N2O2. The molecule has 1 aliphatic heterocycles. The van der Waals surface area contributed by atoms with Crippen LogP contribution in [-0.2, 0) is 17.8 Å². The van der Waals surface area contributed by atoms with Crippen LogP contribution in [0.25, 0.3) is 0 Å². The Balaban J connectivity index is 1.89. The maximum atomic E-state index is 11.9. The van der Waals surface area contributed by atoms with E-state index in [2.05, 4.69) is 23.6 Å². The Morgan fingerprint density at radius 1 is 1.44 bits per heavy atom. The molecule has 0 saturated carbocycles. The fourth-order valence-corrected chi connectivity index (χ4v) is 2.30. The standard InChI is InChI=1S/C14H20N2O2/c1-2-10-5-3-4-6-11(10)8-16-14(18)13-7-12(17)9-15-13/h3-6,12-13,15,17H,2,7-9H2,1H3,(H,16,18). The first-order chi connectivity index (χ1) is 8.70. The van der Waals surface area contributed by atoms with Crippen LogP contribution in [0.2, 0.25) is 0 Å². The zero-order valence-corrected chi connectivity index (χ0v) is 10.6. The third-order valence-electron chi connectivity index (χ3n) is 3.38. The van der Waals surface area contributed by atoms with Crippen molar-refractivity contribution in [3.63, 3.8) is 0 Å². The number of aliphatic hydroxyl groups is 1. The number of nitrogens with one attached hydrogen (secondary N) is 2. The Bertz CT molecular complexity index is 420. The van der Waals surface area contributed by atoms with Gasteiger partial charge >= 0.3 is 0 Å². The number of aryl methyl sites for hydroxylation is 1. The van der Waals surface area contributed by atoms with Gasteiger partial charge in [-0.2, -0.15) is 0 Å². The second-order valence-corrected chi connectivity index (χ2v) is 4.69. The van der Waals surface area contributed by atoms with Crippen LogP contribution in [0.15, 0.2) is 24.3 Å². The van der Waals surface area contributed by atoms with Crippen LogP contribution in [0.1, 0.15) is 24.5 Å². The second kappa shape index (κ2) is 5.98. The van der Waals surface area contributed by atoms with E-state index in [1.165, 1.54) is 5.56 Å². The normalized spacial score (nSPS) is 23.0. The van der Waals surface area contributed by atoms with Crippen LogP contribution < -0.4 is 10.6 Å². The number of aliphatic hydroxyl groups excluding tert-OH is 1. The lowest BCUT2D eigenvalue weighted by Gasteiger charge is -2.13. The minimum absolute atomic E-state index is 0.0301. The van der Waals surface area contributed by atoms with E-state index in [1.54, 1.807) is 0 Å². The van der Waals surface area contributed by atoms with Gasteiger partial charge in [0.25, 0.3) is 0 Å². The summed E-state index contributed by atoms with van der Waals surface area (Å²) >= 11 is 0. The Hall–Kier alpha value is -1.39. The van der Waals surface area contributed by atoms with Crippen molar-refractivity contribution in [1.29, 1.82) is 0 Å². The Morgan fingerprint density at radius 3 is 2.78 bits per heavy atom. The maximum Gasteiger partial charge on any atom is 0.237 e. The molecule has 98 valence electrons. The van der Waals surface area contributed by atoms with Crippen LogP contribution in [0.5, 0.6) is 0 Å². The van der Waals surface area contributed by atoms with Crippen LogP contribution in [0.4, 0.5) is 0 Å². The van der Waals surface area contributed by atoms with Gasteiger partial charge in [-0.25, -0.2) is 0 Å². The molecule has 2 unspecified atom stereocenters. The quantitative estimate of drug-likeness (QED) is 0.731. The Kier molecular flexibility index (Phi) is 4.33. The average Bonchev–Trinajstić information content (AvgIpc) is 2.83. The van der Waals surface area contributed by atoms with Crippen molar-refractivity contribution in [2.24, 2.45) is 0 Å². The van der Waals surface area contributed by atoms with E-state index >= 15 is 0 Å². The third kappa shape index (κ3) is 3.09. The predicted octanol–water partition coefficient (Wildman–Crippen LogP) is 0.588. The summed E-state index contributed by atoms with van der Waals surface area (Å²) < 4.78 is 0. The van der Waals surface area contributed by atoms with Gasteiger partial charge in [0.15, 0.2) is 0 Å². The van der Waals surface area contributed by atoms with Crippen LogP contribution in [-0.4, -0.2) is 29.7 Å². The molecule has 2 atom stereocenters. The third-order valence-corrected chi connectivity index (χ3v) is 3.38. The Labute approximate surface area is 107 Å². The SMILES string of the molecule is CCc1ccccc1CNC(=O)C1CC(O)CN1. The number of hydrogen-bond acceptors (Lipinski definition) is 3. The van der Waals surface area contributed by atoms with Gasteiger partial charge in [-0.1, -0.05) is 31.2 Å². The van der Waals surface area contributed by atoms with Gasteiger partial charge in [-0.05, 0) is 24.0 Å². The monoisotopic (exact) mass is 248 g/mol. The average molecular weight is 248 g/mol. The smallest absolute Gasteiger partial charge is 0.237 e. The number of rotatable bonds is 4. The summed E-state index contributed by atoms with van der Waals surface area (Å²) in [7, 11) is 0. The highest BCUT2D eigenvalue weighted by molar-refractivity contribution is 5.82. The molecule has 18 heavy (non-hydrogen) atoms. The zero-order valence-electron chi connectivity index (χ0n) is 10.6. The van der Waals surface area contributed by atoms with Crippen molar-refractivity contribution < 1.29 is 9.90 Å². The van der Waals surface area contributed by atoms with E-state index in [0.717, 1.165) is 12.0 Å². The largest absolute Gasteiger partial charge is 0.392 e. The molecule has 1 fully saturated rings. The van der Waals surface area contributed by atoms with Gasteiger partial charge in [0, 0.05) is 13.1 Å². The number of carbonyl (C=O) groups is 1. The molecule has 3 N–H and O–H groups in total. The molecule has 1 saturated heterocycles. The summed E-state index contributed by atoms with van der Waals surface area (Å²) in [5.74, 6) is -0.0301. The van der Waals surface area contributed by atoms with Gasteiger partial charge in [0.05, 0.1) is 12.1 Å². The highest BCUT2D eigenvalue weighted by Gasteiger charge is 2.27. The molecule has 0 radical (unpaired) electrons. The fraction of sp³-hybridized carbons (Fsp3) is 0.500. The first kappa shape index (κ1) is 13.1. The molecule has 1 aliphatic rings. The van der Waals surface area contributed by atoms with Crippen molar-refractivity contribution in [1.82, 2.24) is 10.6 Å². The lowest BCUT2D eigenvalue weighted by atomic mass is 10.1. The second-order valence-electron chi connectivity index (χ2n) is 4.69. The lowest BCUT2D eigenvalue weighted by molar-refractivity contribution is -0.123. The van der Waals surface area contributed by atoms with Crippen LogP contribution >= 0.6 is 0 Å². The number of carbonyl (C=O) groups excluding carboxylic acids is 1. The molecule has 0 aliphatic carbocycles. The molecule has 1 aromatic carbocycles. The molecule has 1 amide bonds. The van der Waals surface area contributed by atoms with Crippen molar-refractivity contribution in [3.8, 4) is 0 Å². The van der Waals surface area contributed by atoms with E-state index in [1.807, 2.05) is 18.2 Å². The number of β-amino-alcohol motifs (C(OH)–C–C–N with tert-alkyl or cyclic N) is 1. The molecule has 0 bridgehead atoms. The van der Waals surface area contributed by atoms with Gasteiger partial charge < -0.3 is 15.7 Å². The fourth-order valence-electron chi connectivity index (χ4n) is 2.30.